The van der Waals surface area contributed by atoms with E-state index in [1.54, 1.807) is 14.2 Å². The summed E-state index contributed by atoms with van der Waals surface area (Å²) in [6.45, 7) is 0.816. The molecule has 0 N–H and O–H groups in total. The van der Waals surface area contributed by atoms with Crippen molar-refractivity contribution in [1.29, 1.82) is 0 Å². The Balaban J connectivity index is 1.72. The molecule has 1 amide bonds. The topological polar surface area (TPSA) is 38.8 Å². The van der Waals surface area contributed by atoms with Gasteiger partial charge in [0.05, 0.1) is 26.7 Å². The van der Waals surface area contributed by atoms with Crippen LogP contribution in [0.4, 0.5) is 0 Å². The van der Waals surface area contributed by atoms with Crippen LogP contribution in [0.15, 0.2) is 48.5 Å². The summed E-state index contributed by atoms with van der Waals surface area (Å²) in [5.74, 6) is 1.81. The van der Waals surface area contributed by atoms with Gasteiger partial charge in [0.1, 0.15) is 11.5 Å². The third-order valence-electron chi connectivity index (χ3n) is 4.57. The number of methoxy groups -OCH3 is 2. The second kappa shape index (κ2) is 7.39. The lowest BCUT2D eigenvalue weighted by Gasteiger charge is -2.25. The lowest BCUT2D eigenvalue weighted by molar-refractivity contribution is -0.131. The van der Waals surface area contributed by atoms with Gasteiger partial charge in [-0.15, -0.1) is 0 Å². The molecule has 126 valence electrons. The van der Waals surface area contributed by atoms with E-state index < -0.39 is 0 Å². The second-order valence-corrected chi connectivity index (χ2v) is 6.05. The molecule has 0 aliphatic carbocycles. The van der Waals surface area contributed by atoms with Crippen molar-refractivity contribution >= 4 is 5.91 Å². The average molecular weight is 325 g/mol. The van der Waals surface area contributed by atoms with E-state index in [-0.39, 0.29) is 11.9 Å². The summed E-state index contributed by atoms with van der Waals surface area (Å²) in [6, 6.07) is 15.9. The average Bonchev–Trinajstić information content (AvgIpc) is 3.12. The largest absolute Gasteiger partial charge is 0.497 e. The van der Waals surface area contributed by atoms with Gasteiger partial charge in [-0.2, -0.15) is 0 Å². The van der Waals surface area contributed by atoms with Crippen molar-refractivity contribution in [2.24, 2.45) is 0 Å². The summed E-state index contributed by atoms with van der Waals surface area (Å²) in [5, 5.41) is 0. The second-order valence-electron chi connectivity index (χ2n) is 6.05. The molecule has 0 bridgehead atoms. The normalized spacial score (nSPS) is 16.9. The molecule has 2 aromatic carbocycles. The summed E-state index contributed by atoms with van der Waals surface area (Å²) in [7, 11) is 3.31. The molecule has 4 heteroatoms. The van der Waals surface area contributed by atoms with Gasteiger partial charge in [-0.25, -0.2) is 0 Å². The van der Waals surface area contributed by atoms with Crippen molar-refractivity contribution in [2.75, 3.05) is 20.8 Å². The van der Waals surface area contributed by atoms with Crippen LogP contribution in [0.3, 0.4) is 0 Å². The molecule has 24 heavy (non-hydrogen) atoms. The van der Waals surface area contributed by atoms with Gasteiger partial charge in [-0.05, 0) is 48.2 Å². The molecule has 1 unspecified atom stereocenters. The maximum absolute atomic E-state index is 12.8. The molecule has 1 aliphatic rings. The van der Waals surface area contributed by atoms with Gasteiger partial charge < -0.3 is 14.4 Å². The maximum atomic E-state index is 12.8. The Morgan fingerprint density at radius 3 is 2.54 bits per heavy atom. The van der Waals surface area contributed by atoms with Crippen LogP contribution in [-0.2, 0) is 11.2 Å². The van der Waals surface area contributed by atoms with Gasteiger partial charge in [0.15, 0.2) is 0 Å². The van der Waals surface area contributed by atoms with Gasteiger partial charge in [-0.1, -0.05) is 24.3 Å². The Bertz CT molecular complexity index is 696. The maximum Gasteiger partial charge on any atom is 0.227 e. The Morgan fingerprint density at radius 2 is 1.83 bits per heavy atom. The van der Waals surface area contributed by atoms with Gasteiger partial charge in [0.25, 0.3) is 0 Å². The lowest BCUT2D eigenvalue weighted by atomic mass is 10.0. The molecule has 2 aromatic rings. The van der Waals surface area contributed by atoms with E-state index in [4.69, 9.17) is 9.47 Å². The van der Waals surface area contributed by atoms with Crippen LogP contribution in [0.2, 0.25) is 0 Å². The number of hydrogen-bond acceptors (Lipinski definition) is 3. The monoisotopic (exact) mass is 325 g/mol. The molecule has 4 nitrogen and oxygen atoms in total. The van der Waals surface area contributed by atoms with Crippen LogP contribution in [0.1, 0.15) is 30.0 Å². The fraction of sp³-hybridized carbons (Fsp3) is 0.350. The number of ether oxygens (including phenoxy) is 2. The van der Waals surface area contributed by atoms with E-state index in [1.165, 1.54) is 0 Å². The molecular weight excluding hydrogens is 302 g/mol. The number of benzene rings is 2. The van der Waals surface area contributed by atoms with Crippen LogP contribution in [0.25, 0.3) is 0 Å². The highest BCUT2D eigenvalue weighted by molar-refractivity contribution is 5.79. The molecule has 1 heterocycles. The molecule has 3 rings (SSSR count). The molecule has 1 aliphatic heterocycles. The first-order valence-corrected chi connectivity index (χ1v) is 8.27. The molecule has 0 spiro atoms. The minimum absolute atomic E-state index is 0.144. The zero-order valence-corrected chi connectivity index (χ0v) is 14.2. The summed E-state index contributed by atoms with van der Waals surface area (Å²) in [5.41, 5.74) is 2.16. The first kappa shape index (κ1) is 16.4. The lowest BCUT2D eigenvalue weighted by Crippen LogP contribution is -2.31. The summed E-state index contributed by atoms with van der Waals surface area (Å²) in [4.78, 5) is 14.8. The quantitative estimate of drug-likeness (QED) is 0.843. The predicted octanol–water partition coefficient (Wildman–Crippen LogP) is 3.61. The molecule has 0 radical (unpaired) electrons. The van der Waals surface area contributed by atoms with Gasteiger partial charge >= 0.3 is 0 Å². The van der Waals surface area contributed by atoms with Crippen molar-refractivity contribution in [1.82, 2.24) is 4.90 Å². The highest BCUT2D eigenvalue weighted by Gasteiger charge is 2.29. The van der Waals surface area contributed by atoms with Crippen molar-refractivity contribution in [3.63, 3.8) is 0 Å². The minimum Gasteiger partial charge on any atom is -0.497 e. The number of rotatable bonds is 5. The smallest absolute Gasteiger partial charge is 0.227 e. The van der Waals surface area contributed by atoms with Gasteiger partial charge in [0, 0.05) is 6.54 Å². The SMILES string of the molecule is COc1ccc(CC(=O)N2CCCC2c2cccc(OC)c2)cc1. The molecule has 1 atom stereocenters. The summed E-state index contributed by atoms with van der Waals surface area (Å²) >= 11 is 0. The molecule has 0 aromatic heterocycles. The van der Waals surface area contributed by atoms with E-state index in [0.29, 0.717) is 6.42 Å². The van der Waals surface area contributed by atoms with Crippen LogP contribution in [0.5, 0.6) is 11.5 Å². The van der Waals surface area contributed by atoms with Crippen LogP contribution >= 0.6 is 0 Å². The van der Waals surface area contributed by atoms with E-state index in [1.807, 2.05) is 47.4 Å². The number of nitrogens with zero attached hydrogens (tertiary/aromatic N) is 1. The molecule has 0 saturated carbocycles. The highest BCUT2D eigenvalue weighted by Crippen LogP contribution is 2.33. The van der Waals surface area contributed by atoms with Crippen molar-refractivity contribution in [2.45, 2.75) is 25.3 Å². The van der Waals surface area contributed by atoms with E-state index in [9.17, 15) is 4.79 Å². The van der Waals surface area contributed by atoms with Gasteiger partial charge in [0.2, 0.25) is 5.91 Å². The standard InChI is InChI=1S/C20H23NO3/c1-23-17-10-8-15(9-11-17)13-20(22)21-12-4-7-19(21)16-5-3-6-18(14-16)24-2/h3,5-6,8-11,14,19H,4,7,12-13H2,1-2H3. The molecule has 1 saturated heterocycles. The summed E-state index contributed by atoms with van der Waals surface area (Å²) in [6.07, 6.45) is 2.46. The van der Waals surface area contributed by atoms with E-state index >= 15 is 0 Å². The third-order valence-corrected chi connectivity index (χ3v) is 4.57. The van der Waals surface area contributed by atoms with E-state index in [2.05, 4.69) is 6.07 Å². The zero-order valence-electron chi connectivity index (χ0n) is 14.2. The van der Waals surface area contributed by atoms with Crippen LogP contribution in [0, 0.1) is 0 Å². The van der Waals surface area contributed by atoms with Crippen molar-refractivity contribution in [3.8, 4) is 11.5 Å². The van der Waals surface area contributed by atoms with Crippen LogP contribution < -0.4 is 9.47 Å². The first-order chi connectivity index (χ1) is 11.7. The Labute approximate surface area is 143 Å². The molecular formula is C20H23NO3. The fourth-order valence-electron chi connectivity index (χ4n) is 3.28. The number of likely N-dealkylation sites (tertiary alicyclic amines) is 1. The van der Waals surface area contributed by atoms with E-state index in [0.717, 1.165) is 42.0 Å². The van der Waals surface area contributed by atoms with Crippen molar-refractivity contribution in [3.05, 3.63) is 59.7 Å². The van der Waals surface area contributed by atoms with Crippen LogP contribution in [-0.4, -0.2) is 31.6 Å². The Hall–Kier alpha value is -2.49. The van der Waals surface area contributed by atoms with Crippen molar-refractivity contribution < 1.29 is 14.3 Å². The number of carbonyl (C=O) groups excluding carboxylic acids is 1. The zero-order chi connectivity index (χ0) is 16.9. The highest BCUT2D eigenvalue weighted by atomic mass is 16.5. The van der Waals surface area contributed by atoms with Gasteiger partial charge in [-0.3, -0.25) is 4.79 Å². The number of amides is 1. The Kier molecular flexibility index (Phi) is 5.04. The Morgan fingerprint density at radius 1 is 1.08 bits per heavy atom. The fourth-order valence-corrected chi connectivity index (χ4v) is 3.28. The summed E-state index contributed by atoms with van der Waals surface area (Å²) < 4.78 is 10.5. The first-order valence-electron chi connectivity index (χ1n) is 8.27. The minimum atomic E-state index is 0.144. The predicted molar refractivity (Wildman–Crippen MR) is 93.4 cm³/mol. The number of carbonyl (C=O) groups is 1. The third kappa shape index (κ3) is 3.53. The number of hydrogen-bond donors (Lipinski definition) is 0. The molecule has 1 fully saturated rings.